The number of halogens is 3. The highest BCUT2D eigenvalue weighted by atomic mass is 32.2. The zero-order valence-corrected chi connectivity index (χ0v) is 12.2. The van der Waals surface area contributed by atoms with Crippen molar-refractivity contribution < 1.29 is 13.2 Å². The van der Waals surface area contributed by atoms with Crippen molar-refractivity contribution in [1.82, 2.24) is 4.98 Å². The van der Waals surface area contributed by atoms with E-state index in [0.29, 0.717) is 5.92 Å². The number of rotatable bonds is 3. The molecule has 5 heteroatoms. The van der Waals surface area contributed by atoms with Gasteiger partial charge in [-0.15, -0.1) is 0 Å². The summed E-state index contributed by atoms with van der Waals surface area (Å²) in [5.74, 6) is 0.542. The summed E-state index contributed by atoms with van der Waals surface area (Å²) in [6.07, 6.45) is 7.84. The fourth-order valence-corrected chi connectivity index (χ4v) is 3.18. The number of hydrogen-bond acceptors (Lipinski definition) is 2. The average molecular weight is 301 g/mol. The van der Waals surface area contributed by atoms with Gasteiger partial charge in [-0.2, -0.15) is 24.9 Å². The van der Waals surface area contributed by atoms with Gasteiger partial charge in [0, 0.05) is 11.4 Å². The third kappa shape index (κ3) is 4.27. The maximum Gasteiger partial charge on any atom is 0.433 e. The Balaban J connectivity index is 1.92. The van der Waals surface area contributed by atoms with E-state index in [9.17, 15) is 13.2 Å². The highest BCUT2D eigenvalue weighted by molar-refractivity contribution is 7.99. The van der Waals surface area contributed by atoms with E-state index in [1.54, 1.807) is 0 Å². The second-order valence-corrected chi connectivity index (χ2v) is 6.24. The monoisotopic (exact) mass is 301 g/mol. The molecule has 0 spiro atoms. The zero-order valence-electron chi connectivity index (χ0n) is 11.4. The van der Waals surface area contributed by atoms with Crippen LogP contribution in [-0.2, 0) is 6.18 Å². The molecule has 20 heavy (non-hydrogen) atoms. The van der Waals surface area contributed by atoms with Crippen LogP contribution in [0.3, 0.4) is 0 Å². The third-order valence-corrected chi connectivity index (χ3v) is 4.83. The van der Waals surface area contributed by atoms with E-state index >= 15 is 0 Å². The molecule has 110 valence electrons. The molecule has 0 amide bonds. The van der Waals surface area contributed by atoms with Gasteiger partial charge in [-0.1, -0.05) is 18.2 Å². The van der Waals surface area contributed by atoms with Crippen LogP contribution in [0, 0.1) is 5.92 Å². The molecule has 1 aliphatic carbocycles. The molecule has 0 unspecified atom stereocenters. The Labute approximate surface area is 121 Å². The molecule has 1 fully saturated rings. The Morgan fingerprint density at radius 2 is 1.90 bits per heavy atom. The van der Waals surface area contributed by atoms with Crippen LogP contribution in [0.15, 0.2) is 24.4 Å². The SMILES string of the molecule is CSC1CCC(/C=C/c2ccc(C(F)(F)F)nc2)CC1. The molecule has 2 rings (SSSR count). The fraction of sp³-hybridized carbons (Fsp3) is 0.533. The van der Waals surface area contributed by atoms with Gasteiger partial charge < -0.3 is 0 Å². The van der Waals surface area contributed by atoms with Crippen molar-refractivity contribution in [2.75, 3.05) is 6.26 Å². The van der Waals surface area contributed by atoms with Gasteiger partial charge in [-0.3, -0.25) is 4.98 Å². The van der Waals surface area contributed by atoms with Gasteiger partial charge in [0.05, 0.1) is 0 Å². The quantitative estimate of drug-likeness (QED) is 0.776. The van der Waals surface area contributed by atoms with E-state index in [1.165, 1.54) is 25.1 Å². The van der Waals surface area contributed by atoms with Crippen LogP contribution < -0.4 is 0 Å². The summed E-state index contributed by atoms with van der Waals surface area (Å²) in [5, 5.41) is 0.771. The molecule has 1 heterocycles. The van der Waals surface area contributed by atoms with Crippen LogP contribution in [0.2, 0.25) is 0 Å². The normalized spacial score (nSPS) is 24.2. The molecular weight excluding hydrogens is 283 g/mol. The second kappa shape index (κ2) is 6.66. The van der Waals surface area contributed by atoms with Crippen molar-refractivity contribution in [3.63, 3.8) is 0 Å². The van der Waals surface area contributed by atoms with Crippen molar-refractivity contribution in [2.24, 2.45) is 5.92 Å². The molecule has 0 saturated heterocycles. The van der Waals surface area contributed by atoms with Crippen LogP contribution >= 0.6 is 11.8 Å². The van der Waals surface area contributed by atoms with E-state index in [1.807, 2.05) is 17.8 Å². The maximum absolute atomic E-state index is 12.4. The lowest BCUT2D eigenvalue weighted by molar-refractivity contribution is -0.141. The Morgan fingerprint density at radius 1 is 1.20 bits per heavy atom. The number of alkyl halides is 3. The molecule has 1 aromatic heterocycles. The Morgan fingerprint density at radius 3 is 2.40 bits per heavy atom. The van der Waals surface area contributed by atoms with Crippen molar-refractivity contribution in [3.05, 3.63) is 35.7 Å². The Kier molecular flexibility index (Phi) is 5.13. The summed E-state index contributed by atoms with van der Waals surface area (Å²) < 4.78 is 37.2. The Bertz CT molecular complexity index is 445. The van der Waals surface area contributed by atoms with Gasteiger partial charge in [0.1, 0.15) is 5.69 Å². The van der Waals surface area contributed by atoms with Gasteiger partial charge in [-0.25, -0.2) is 0 Å². The highest BCUT2D eigenvalue weighted by Crippen LogP contribution is 2.32. The molecule has 1 aromatic rings. The minimum atomic E-state index is -4.36. The minimum Gasteiger partial charge on any atom is -0.251 e. The number of hydrogen-bond donors (Lipinski definition) is 0. The van der Waals surface area contributed by atoms with Crippen molar-refractivity contribution >= 4 is 17.8 Å². The van der Waals surface area contributed by atoms with Crippen LogP contribution in [0.25, 0.3) is 6.08 Å². The number of aromatic nitrogens is 1. The van der Waals surface area contributed by atoms with Crippen molar-refractivity contribution in [1.29, 1.82) is 0 Å². The van der Waals surface area contributed by atoms with E-state index in [4.69, 9.17) is 0 Å². The van der Waals surface area contributed by atoms with E-state index in [-0.39, 0.29) is 0 Å². The van der Waals surface area contributed by atoms with Gasteiger partial charge in [-0.05, 0) is 49.5 Å². The van der Waals surface area contributed by atoms with Gasteiger partial charge in [0.15, 0.2) is 0 Å². The largest absolute Gasteiger partial charge is 0.433 e. The molecule has 0 bridgehead atoms. The number of nitrogens with zero attached hydrogens (tertiary/aromatic N) is 1. The summed E-state index contributed by atoms with van der Waals surface area (Å²) in [6, 6.07) is 2.50. The topological polar surface area (TPSA) is 12.9 Å². The standard InChI is InChI=1S/C15H18F3NS/c1-20-13-7-4-11(5-8-13)2-3-12-6-9-14(19-10-12)15(16,17)18/h2-3,6,9-11,13H,4-5,7-8H2,1H3/b3-2+. The molecule has 0 atom stereocenters. The number of thioether (sulfide) groups is 1. The predicted octanol–water partition coefficient (Wildman–Crippen LogP) is 5.04. The molecular formula is C15H18F3NS. The number of allylic oxidation sites excluding steroid dienone is 1. The molecule has 0 aliphatic heterocycles. The molecule has 0 aromatic carbocycles. The maximum atomic E-state index is 12.4. The summed E-state index contributed by atoms with van der Waals surface area (Å²) in [5.41, 5.74) is -0.111. The van der Waals surface area contributed by atoms with Crippen molar-refractivity contribution in [3.8, 4) is 0 Å². The Hall–Kier alpha value is -0.970. The van der Waals surface area contributed by atoms with Crippen LogP contribution in [0.5, 0.6) is 0 Å². The van der Waals surface area contributed by atoms with Crippen LogP contribution in [0.4, 0.5) is 13.2 Å². The lowest BCUT2D eigenvalue weighted by atomic mass is 9.88. The summed E-state index contributed by atoms with van der Waals surface area (Å²) >= 11 is 1.93. The summed E-state index contributed by atoms with van der Waals surface area (Å²) in [7, 11) is 0. The van der Waals surface area contributed by atoms with Gasteiger partial charge in [0.2, 0.25) is 0 Å². The first-order valence-electron chi connectivity index (χ1n) is 6.73. The lowest BCUT2D eigenvalue weighted by Gasteiger charge is -2.25. The smallest absolute Gasteiger partial charge is 0.251 e. The first-order valence-corrected chi connectivity index (χ1v) is 8.02. The third-order valence-electron chi connectivity index (χ3n) is 3.69. The van der Waals surface area contributed by atoms with Gasteiger partial charge in [0.25, 0.3) is 0 Å². The van der Waals surface area contributed by atoms with E-state index < -0.39 is 11.9 Å². The fourth-order valence-electron chi connectivity index (χ4n) is 2.44. The summed E-state index contributed by atoms with van der Waals surface area (Å²) in [4.78, 5) is 3.46. The molecule has 1 saturated carbocycles. The highest BCUT2D eigenvalue weighted by Gasteiger charge is 2.31. The molecule has 0 radical (unpaired) electrons. The van der Waals surface area contributed by atoms with E-state index in [2.05, 4.69) is 17.3 Å². The van der Waals surface area contributed by atoms with Crippen LogP contribution in [-0.4, -0.2) is 16.5 Å². The summed E-state index contributed by atoms with van der Waals surface area (Å²) in [6.45, 7) is 0. The molecule has 1 nitrogen and oxygen atoms in total. The molecule has 0 N–H and O–H groups in total. The number of pyridine rings is 1. The van der Waals surface area contributed by atoms with E-state index in [0.717, 1.165) is 29.7 Å². The van der Waals surface area contributed by atoms with Crippen LogP contribution in [0.1, 0.15) is 36.9 Å². The average Bonchev–Trinajstić information content (AvgIpc) is 2.45. The van der Waals surface area contributed by atoms with Crippen molar-refractivity contribution in [2.45, 2.75) is 37.1 Å². The molecule has 1 aliphatic rings. The predicted molar refractivity (Wildman–Crippen MR) is 77.5 cm³/mol. The zero-order chi connectivity index (χ0) is 14.6. The second-order valence-electron chi connectivity index (χ2n) is 5.11. The first-order chi connectivity index (χ1) is 9.49. The first kappa shape index (κ1) is 15.4. The minimum absolute atomic E-state index is 0.542. The lowest BCUT2D eigenvalue weighted by Crippen LogP contribution is -2.14. The van der Waals surface area contributed by atoms with Gasteiger partial charge >= 0.3 is 6.18 Å².